The average Bonchev–Trinajstić information content (AvgIpc) is 2.33. The molecule has 0 N–H and O–H groups in total. The third-order valence-electron chi connectivity index (χ3n) is 2.83. The van der Waals surface area contributed by atoms with Gasteiger partial charge in [-0.2, -0.15) is 4.91 Å². The van der Waals surface area contributed by atoms with Gasteiger partial charge in [-0.3, -0.25) is 0 Å². The molecule has 2 heteroatoms. The molecule has 0 spiro atoms. The minimum absolute atomic E-state index is 0.126. The van der Waals surface area contributed by atoms with E-state index < -0.39 is 0 Å². The first kappa shape index (κ1) is 8.69. The molecule has 2 nitrogen and oxygen atoms in total. The van der Waals surface area contributed by atoms with E-state index in [0.29, 0.717) is 0 Å². The average molecular weight is 155 g/mol. The Kier molecular flexibility index (Phi) is 3.03. The van der Waals surface area contributed by atoms with Crippen molar-refractivity contribution >= 4 is 0 Å². The lowest BCUT2D eigenvalue weighted by molar-refractivity contribution is 0.388. The quantitative estimate of drug-likeness (QED) is 0.576. The molecular weight excluding hydrogens is 138 g/mol. The van der Waals surface area contributed by atoms with Crippen molar-refractivity contribution in [1.82, 2.24) is 0 Å². The maximum Gasteiger partial charge on any atom is 0.0925 e. The molecule has 1 fully saturated rings. The van der Waals surface area contributed by atoms with Crippen molar-refractivity contribution in [1.29, 1.82) is 0 Å². The number of nitroso groups, excluding NO2 is 1. The molecule has 0 aromatic rings. The van der Waals surface area contributed by atoms with Gasteiger partial charge in [0.2, 0.25) is 0 Å². The van der Waals surface area contributed by atoms with Crippen molar-refractivity contribution in [2.24, 2.45) is 17.0 Å². The molecule has 0 bridgehead atoms. The van der Waals surface area contributed by atoms with Gasteiger partial charge in [-0.05, 0) is 24.7 Å². The second-order valence-corrected chi connectivity index (χ2v) is 3.76. The first-order chi connectivity index (χ1) is 5.27. The summed E-state index contributed by atoms with van der Waals surface area (Å²) in [7, 11) is 0. The molecule has 0 aromatic heterocycles. The molecule has 3 atom stereocenters. The fraction of sp³-hybridized carbons (Fsp3) is 1.00. The van der Waals surface area contributed by atoms with Gasteiger partial charge in [0, 0.05) is 0 Å². The van der Waals surface area contributed by atoms with Gasteiger partial charge >= 0.3 is 0 Å². The van der Waals surface area contributed by atoms with Crippen molar-refractivity contribution in [3.05, 3.63) is 4.91 Å². The highest BCUT2D eigenvalue weighted by Gasteiger charge is 2.30. The molecule has 64 valence electrons. The van der Waals surface area contributed by atoms with E-state index in [0.717, 1.165) is 24.7 Å². The van der Waals surface area contributed by atoms with E-state index in [9.17, 15) is 4.91 Å². The number of hydrogen-bond donors (Lipinski definition) is 0. The highest BCUT2D eigenvalue weighted by atomic mass is 16.3. The summed E-state index contributed by atoms with van der Waals surface area (Å²) in [5.74, 6) is 1.49. The Morgan fingerprint density at radius 1 is 1.45 bits per heavy atom. The Balaban J connectivity index is 2.38. The number of nitrogens with zero attached hydrogens (tertiary/aromatic N) is 1. The normalized spacial score (nSPS) is 37.5. The molecule has 0 aromatic carbocycles. The van der Waals surface area contributed by atoms with Crippen LogP contribution in [0.15, 0.2) is 5.18 Å². The van der Waals surface area contributed by atoms with Gasteiger partial charge in [0.15, 0.2) is 0 Å². The Hall–Kier alpha value is -0.400. The van der Waals surface area contributed by atoms with E-state index in [-0.39, 0.29) is 6.04 Å². The van der Waals surface area contributed by atoms with Crippen LogP contribution in [0.4, 0.5) is 0 Å². The van der Waals surface area contributed by atoms with Crippen molar-refractivity contribution in [2.75, 3.05) is 0 Å². The largest absolute Gasteiger partial charge is 0.151 e. The van der Waals surface area contributed by atoms with Gasteiger partial charge in [-0.25, -0.2) is 0 Å². The molecule has 3 unspecified atom stereocenters. The molecule has 0 saturated heterocycles. The SMILES string of the molecule is CCCC1CC(N=O)CC1C. The van der Waals surface area contributed by atoms with Crippen LogP contribution in [-0.4, -0.2) is 6.04 Å². The minimum atomic E-state index is 0.126. The summed E-state index contributed by atoms with van der Waals surface area (Å²) < 4.78 is 0. The highest BCUT2D eigenvalue weighted by molar-refractivity contribution is 4.84. The van der Waals surface area contributed by atoms with Crippen LogP contribution in [0.3, 0.4) is 0 Å². The van der Waals surface area contributed by atoms with E-state index in [4.69, 9.17) is 0 Å². The lowest BCUT2D eigenvalue weighted by Gasteiger charge is -2.12. The molecular formula is C9H17NO. The smallest absolute Gasteiger partial charge is 0.0925 e. The monoisotopic (exact) mass is 155 g/mol. The fourth-order valence-corrected chi connectivity index (χ4v) is 2.16. The lowest BCUT2D eigenvalue weighted by Crippen LogP contribution is -2.02. The van der Waals surface area contributed by atoms with Gasteiger partial charge in [0.1, 0.15) is 0 Å². The standard InChI is InChI=1S/C9H17NO/c1-3-4-8-6-9(10-11)5-7(8)2/h7-9H,3-6H2,1-2H3. The molecule has 0 amide bonds. The Labute approximate surface area is 68.3 Å². The topological polar surface area (TPSA) is 29.4 Å². The van der Waals surface area contributed by atoms with E-state index in [1.165, 1.54) is 12.8 Å². The van der Waals surface area contributed by atoms with Crippen molar-refractivity contribution < 1.29 is 0 Å². The second kappa shape index (κ2) is 3.84. The zero-order chi connectivity index (χ0) is 8.27. The minimum Gasteiger partial charge on any atom is -0.151 e. The summed E-state index contributed by atoms with van der Waals surface area (Å²) in [5.41, 5.74) is 0. The Morgan fingerprint density at radius 3 is 2.64 bits per heavy atom. The number of hydrogen-bond acceptors (Lipinski definition) is 2. The molecule has 0 heterocycles. The van der Waals surface area contributed by atoms with Crippen molar-refractivity contribution in [3.63, 3.8) is 0 Å². The summed E-state index contributed by atoms with van der Waals surface area (Å²) in [6, 6.07) is 0.126. The van der Waals surface area contributed by atoms with Gasteiger partial charge in [0.25, 0.3) is 0 Å². The first-order valence-corrected chi connectivity index (χ1v) is 4.60. The first-order valence-electron chi connectivity index (χ1n) is 4.60. The van der Waals surface area contributed by atoms with Crippen LogP contribution in [0.2, 0.25) is 0 Å². The van der Waals surface area contributed by atoms with Crippen LogP contribution in [0.25, 0.3) is 0 Å². The van der Waals surface area contributed by atoms with Gasteiger partial charge in [-0.15, -0.1) is 0 Å². The van der Waals surface area contributed by atoms with Crippen LogP contribution in [0.1, 0.15) is 39.5 Å². The van der Waals surface area contributed by atoms with Crippen molar-refractivity contribution in [2.45, 2.75) is 45.6 Å². The van der Waals surface area contributed by atoms with Crippen LogP contribution < -0.4 is 0 Å². The van der Waals surface area contributed by atoms with Crippen LogP contribution in [0, 0.1) is 16.7 Å². The summed E-state index contributed by atoms with van der Waals surface area (Å²) in [5, 5.41) is 3.12. The number of rotatable bonds is 3. The predicted molar refractivity (Wildman–Crippen MR) is 46.4 cm³/mol. The van der Waals surface area contributed by atoms with E-state index in [1.54, 1.807) is 0 Å². The molecule has 0 aliphatic heterocycles. The zero-order valence-electron chi connectivity index (χ0n) is 7.42. The highest BCUT2D eigenvalue weighted by Crippen LogP contribution is 2.36. The molecule has 1 aliphatic rings. The van der Waals surface area contributed by atoms with E-state index in [2.05, 4.69) is 19.0 Å². The summed E-state index contributed by atoms with van der Waals surface area (Å²) in [6.45, 7) is 4.44. The summed E-state index contributed by atoms with van der Waals surface area (Å²) in [4.78, 5) is 10.3. The predicted octanol–water partition coefficient (Wildman–Crippen LogP) is 2.97. The lowest BCUT2D eigenvalue weighted by atomic mass is 9.94. The third kappa shape index (κ3) is 2.01. The van der Waals surface area contributed by atoms with Crippen LogP contribution >= 0.6 is 0 Å². The summed E-state index contributed by atoms with van der Waals surface area (Å²) >= 11 is 0. The molecule has 1 aliphatic carbocycles. The van der Waals surface area contributed by atoms with Crippen molar-refractivity contribution in [3.8, 4) is 0 Å². The van der Waals surface area contributed by atoms with Crippen LogP contribution in [0.5, 0.6) is 0 Å². The van der Waals surface area contributed by atoms with Gasteiger partial charge in [0.05, 0.1) is 6.04 Å². The Morgan fingerprint density at radius 2 is 2.18 bits per heavy atom. The maximum absolute atomic E-state index is 10.3. The third-order valence-corrected chi connectivity index (χ3v) is 2.83. The zero-order valence-corrected chi connectivity index (χ0v) is 7.42. The maximum atomic E-state index is 10.3. The Bertz CT molecular complexity index is 136. The molecule has 0 radical (unpaired) electrons. The molecule has 1 rings (SSSR count). The van der Waals surface area contributed by atoms with E-state index in [1.807, 2.05) is 0 Å². The van der Waals surface area contributed by atoms with Gasteiger partial charge in [-0.1, -0.05) is 31.9 Å². The second-order valence-electron chi connectivity index (χ2n) is 3.76. The van der Waals surface area contributed by atoms with Crippen LogP contribution in [-0.2, 0) is 0 Å². The summed E-state index contributed by atoms with van der Waals surface area (Å²) in [6.07, 6.45) is 4.57. The van der Waals surface area contributed by atoms with Gasteiger partial charge < -0.3 is 0 Å². The molecule has 11 heavy (non-hydrogen) atoms. The van der Waals surface area contributed by atoms with E-state index >= 15 is 0 Å². The molecule has 1 saturated carbocycles. The fourth-order valence-electron chi connectivity index (χ4n) is 2.16.